The van der Waals surface area contributed by atoms with Gasteiger partial charge in [-0.1, -0.05) is 87.4 Å². The van der Waals surface area contributed by atoms with Crippen LogP contribution in [0.3, 0.4) is 0 Å². The Morgan fingerprint density at radius 3 is 2.34 bits per heavy atom. The number of benzene rings is 3. The largest absolute Gasteiger partial charge is 0.471 e. The molecule has 0 radical (unpaired) electrons. The number of anilines is 2. The number of rotatable bonds is 10. The molecular formula is C36H43FN2O2. The van der Waals surface area contributed by atoms with Gasteiger partial charge in [-0.3, -0.25) is 4.79 Å². The lowest BCUT2D eigenvalue weighted by Crippen LogP contribution is -2.28. The molecule has 2 N–H and O–H groups in total. The van der Waals surface area contributed by atoms with Gasteiger partial charge in [-0.05, 0) is 90.3 Å². The maximum absolute atomic E-state index is 14.8. The molecule has 0 aliphatic heterocycles. The number of carbonyl (C=O) groups is 1. The number of hydrogen-bond donors (Lipinski definition) is 1. The van der Waals surface area contributed by atoms with E-state index in [0.29, 0.717) is 18.9 Å². The average molecular weight is 555 g/mol. The molecule has 5 heteroatoms. The zero-order chi connectivity index (χ0) is 29.6. The summed E-state index contributed by atoms with van der Waals surface area (Å²) in [5.41, 5.74) is 14.3. The molecule has 3 aromatic rings. The van der Waals surface area contributed by atoms with Gasteiger partial charge in [0.2, 0.25) is 0 Å². The molecule has 1 fully saturated rings. The molecule has 4 rings (SSSR count). The summed E-state index contributed by atoms with van der Waals surface area (Å²) in [6.45, 7) is 9.10. The second kappa shape index (κ2) is 16.2. The smallest absolute Gasteiger partial charge is 0.292 e. The molecule has 0 amide bonds. The third kappa shape index (κ3) is 8.94. The third-order valence-corrected chi connectivity index (χ3v) is 7.35. The highest BCUT2D eigenvalue weighted by Gasteiger charge is 2.24. The molecule has 3 aromatic carbocycles. The van der Waals surface area contributed by atoms with Crippen molar-refractivity contribution in [2.45, 2.75) is 58.9 Å². The Bertz CT molecular complexity index is 1340. The van der Waals surface area contributed by atoms with E-state index in [2.05, 4.69) is 65.6 Å². The van der Waals surface area contributed by atoms with Crippen molar-refractivity contribution in [1.82, 2.24) is 0 Å². The van der Waals surface area contributed by atoms with Gasteiger partial charge in [0.1, 0.15) is 5.82 Å². The summed E-state index contributed by atoms with van der Waals surface area (Å²) in [6, 6.07) is 20.1. The van der Waals surface area contributed by atoms with Crippen LogP contribution in [0.4, 0.5) is 15.8 Å². The summed E-state index contributed by atoms with van der Waals surface area (Å²) in [7, 11) is 1.31. The lowest BCUT2D eigenvalue weighted by Gasteiger charge is -2.35. The second-order valence-electron chi connectivity index (χ2n) is 10.3. The first-order valence-corrected chi connectivity index (χ1v) is 14.4. The maximum atomic E-state index is 14.8. The Labute approximate surface area is 245 Å². The molecule has 1 aliphatic rings. The van der Waals surface area contributed by atoms with Crippen LogP contribution in [0.1, 0.15) is 69.1 Å². The van der Waals surface area contributed by atoms with E-state index in [1.807, 2.05) is 31.2 Å². The van der Waals surface area contributed by atoms with Gasteiger partial charge in [-0.25, -0.2) is 4.39 Å². The number of nitrogen functional groups attached to an aromatic ring is 1. The summed E-state index contributed by atoms with van der Waals surface area (Å²) in [4.78, 5) is 11.3. The fourth-order valence-electron chi connectivity index (χ4n) is 5.39. The van der Waals surface area contributed by atoms with Crippen LogP contribution in [-0.4, -0.2) is 13.6 Å². The molecule has 0 unspecified atom stereocenters. The molecular weight excluding hydrogens is 511 g/mol. The first kappa shape index (κ1) is 31.4. The topological polar surface area (TPSA) is 55.6 Å². The lowest BCUT2D eigenvalue weighted by atomic mass is 9.85. The minimum Gasteiger partial charge on any atom is -0.471 e. The fraction of sp³-hybridized carbons (Fsp3) is 0.306. The quantitative estimate of drug-likeness (QED) is 0.200. The molecule has 41 heavy (non-hydrogen) atoms. The van der Waals surface area contributed by atoms with Crippen molar-refractivity contribution in [1.29, 1.82) is 0 Å². The normalized spacial score (nSPS) is 13.8. The average Bonchev–Trinajstić information content (AvgIpc) is 3.00. The number of allylic oxidation sites excluding steroid dienone is 3. The Kier molecular flexibility index (Phi) is 12.4. The van der Waals surface area contributed by atoms with Gasteiger partial charge in [-0.15, -0.1) is 0 Å². The van der Waals surface area contributed by atoms with E-state index in [-0.39, 0.29) is 5.82 Å². The highest BCUT2D eigenvalue weighted by molar-refractivity contribution is 5.73. The number of hydrogen-bond acceptors (Lipinski definition) is 4. The van der Waals surface area contributed by atoms with Crippen molar-refractivity contribution >= 4 is 30.0 Å². The van der Waals surface area contributed by atoms with E-state index >= 15 is 0 Å². The predicted molar refractivity (Wildman–Crippen MR) is 172 cm³/mol. The number of nitrogens with two attached hydrogens (primary N) is 1. The highest BCUT2D eigenvalue weighted by atomic mass is 19.1. The highest BCUT2D eigenvalue weighted by Crippen LogP contribution is 2.36. The van der Waals surface area contributed by atoms with Gasteiger partial charge in [0, 0.05) is 23.6 Å². The van der Waals surface area contributed by atoms with E-state index < -0.39 is 0 Å². The van der Waals surface area contributed by atoms with Gasteiger partial charge in [0.05, 0.1) is 7.11 Å². The molecule has 0 heterocycles. The van der Waals surface area contributed by atoms with Crippen molar-refractivity contribution in [3.05, 3.63) is 108 Å². The van der Waals surface area contributed by atoms with Gasteiger partial charge in [-0.2, -0.15) is 0 Å². The van der Waals surface area contributed by atoms with Gasteiger partial charge in [0.15, 0.2) is 0 Å². The third-order valence-electron chi connectivity index (χ3n) is 7.35. The Morgan fingerprint density at radius 1 is 1.05 bits per heavy atom. The van der Waals surface area contributed by atoms with E-state index in [1.165, 1.54) is 50.5 Å². The van der Waals surface area contributed by atoms with Crippen molar-refractivity contribution in [2.75, 3.05) is 17.7 Å². The zero-order valence-electron chi connectivity index (χ0n) is 24.6. The Balaban J connectivity index is 0.00000108. The molecule has 1 aliphatic carbocycles. The molecule has 4 nitrogen and oxygen atoms in total. The predicted octanol–water partition coefficient (Wildman–Crippen LogP) is 9.42. The molecule has 1 saturated carbocycles. The van der Waals surface area contributed by atoms with Gasteiger partial charge in [0.25, 0.3) is 6.47 Å². The van der Waals surface area contributed by atoms with Crippen molar-refractivity contribution < 1.29 is 13.9 Å². The summed E-state index contributed by atoms with van der Waals surface area (Å²) < 4.78 is 18.6. The molecule has 0 saturated heterocycles. The van der Waals surface area contributed by atoms with E-state index in [9.17, 15) is 4.39 Å². The molecule has 0 spiro atoms. The number of nitrogens with zero attached hydrogens (tertiary/aromatic N) is 1. The van der Waals surface area contributed by atoms with Crippen LogP contribution in [0.15, 0.2) is 85.1 Å². The summed E-state index contributed by atoms with van der Waals surface area (Å²) in [5, 5.41) is 0. The van der Waals surface area contributed by atoms with Crippen molar-refractivity contribution in [3.63, 3.8) is 0 Å². The van der Waals surface area contributed by atoms with Crippen molar-refractivity contribution in [3.8, 4) is 11.1 Å². The van der Waals surface area contributed by atoms with Crippen LogP contribution in [0.5, 0.6) is 0 Å². The number of ether oxygens (including phenoxy) is 1. The monoisotopic (exact) mass is 554 g/mol. The van der Waals surface area contributed by atoms with Crippen LogP contribution in [0.2, 0.25) is 0 Å². The molecule has 0 atom stereocenters. The molecule has 0 bridgehead atoms. The van der Waals surface area contributed by atoms with E-state index in [0.717, 1.165) is 40.0 Å². The Hall–Kier alpha value is -4.12. The zero-order valence-corrected chi connectivity index (χ0v) is 24.6. The van der Waals surface area contributed by atoms with Crippen LogP contribution in [0, 0.1) is 11.7 Å². The van der Waals surface area contributed by atoms with E-state index in [1.54, 1.807) is 18.2 Å². The van der Waals surface area contributed by atoms with Crippen LogP contribution < -0.4 is 10.6 Å². The summed E-state index contributed by atoms with van der Waals surface area (Å²) in [5.74, 6) is 0.306. The van der Waals surface area contributed by atoms with Crippen LogP contribution in [0.25, 0.3) is 23.3 Å². The molecule has 216 valence electrons. The van der Waals surface area contributed by atoms with Gasteiger partial charge >= 0.3 is 0 Å². The maximum Gasteiger partial charge on any atom is 0.292 e. The van der Waals surface area contributed by atoms with Crippen molar-refractivity contribution in [2.24, 2.45) is 5.92 Å². The first-order chi connectivity index (χ1) is 19.9. The van der Waals surface area contributed by atoms with E-state index in [4.69, 9.17) is 10.5 Å². The van der Waals surface area contributed by atoms with Gasteiger partial charge < -0.3 is 15.4 Å². The number of carbonyl (C=O) groups excluding carboxylic acids is 1. The minimum atomic E-state index is -0.202. The van der Waals surface area contributed by atoms with Crippen LogP contribution >= 0.6 is 0 Å². The Morgan fingerprint density at radius 2 is 1.73 bits per heavy atom. The molecule has 0 aromatic heterocycles. The standard InChI is InChI=1S/C34H39FN2.C2H4O2/c1-4-10-26-20-31(35)23-32(21-26)37(34(11-5-2)29-12-8-7-9-13-29)24-25-14-16-28(17-15-25)30-18-19-33(36)27(6-3)22-30;1-4-2-3/h4,6,10-11,14-23,29H,3,5,7-9,12-13,24,36H2,1-2H3;2H,1H3/b10-4+,34-11-;. The number of halogens is 1. The summed E-state index contributed by atoms with van der Waals surface area (Å²) in [6.07, 6.45) is 15.2. The number of methoxy groups -OCH3 is 1. The first-order valence-electron chi connectivity index (χ1n) is 14.4. The fourth-order valence-corrected chi connectivity index (χ4v) is 5.39. The lowest BCUT2D eigenvalue weighted by molar-refractivity contribution is -0.126. The van der Waals surface area contributed by atoms with Crippen LogP contribution in [-0.2, 0) is 16.1 Å². The SMILES string of the molecule is C=Cc1cc(-c2ccc(CN(/C(=C\CC)C3CCCCC3)c3cc(F)cc(/C=C/C)c3)cc2)ccc1N.COC=O. The summed E-state index contributed by atoms with van der Waals surface area (Å²) >= 11 is 0. The minimum absolute atomic E-state index is 0.202. The second-order valence-corrected chi connectivity index (χ2v) is 10.3.